The summed E-state index contributed by atoms with van der Waals surface area (Å²) in [5.41, 5.74) is 1.85. The molecule has 0 saturated carbocycles. The van der Waals surface area contributed by atoms with Crippen LogP contribution >= 0.6 is 15.9 Å². The molecule has 1 unspecified atom stereocenters. The zero-order chi connectivity index (χ0) is 15.7. The van der Waals surface area contributed by atoms with Crippen LogP contribution in [-0.2, 0) is 4.79 Å². The minimum atomic E-state index is -0.960. The molecule has 1 aromatic carbocycles. The summed E-state index contributed by atoms with van der Waals surface area (Å²) in [7, 11) is 0. The molecule has 6 nitrogen and oxygen atoms in total. The molecule has 1 aliphatic heterocycles. The van der Waals surface area contributed by atoms with Crippen LogP contribution in [0.5, 0.6) is 0 Å². The van der Waals surface area contributed by atoms with Crippen LogP contribution in [0, 0.1) is 0 Å². The average molecular weight is 364 g/mol. The lowest BCUT2D eigenvalue weighted by Gasteiger charge is -2.20. The van der Waals surface area contributed by atoms with Crippen molar-refractivity contribution in [2.24, 2.45) is 0 Å². The molecular weight excluding hydrogens is 350 g/mol. The Morgan fingerprint density at radius 3 is 2.73 bits per heavy atom. The fourth-order valence-corrected chi connectivity index (χ4v) is 2.89. The van der Waals surface area contributed by atoms with Crippen LogP contribution in [0.2, 0.25) is 0 Å². The van der Waals surface area contributed by atoms with Gasteiger partial charge in [-0.3, -0.25) is 9.89 Å². The predicted molar refractivity (Wildman–Crippen MR) is 83.4 cm³/mol. The first kappa shape index (κ1) is 14.8. The molecule has 0 radical (unpaired) electrons. The Balaban J connectivity index is 1.82. The topological polar surface area (TPSA) is 86.3 Å². The number of rotatable bonds is 3. The molecule has 0 spiro atoms. The number of amides is 1. The standard InChI is InChI=1S/C15H14BrN3O3/c16-10-5-3-9(4-6-10)11-8-12(18-17-11)14(20)19-7-1-2-13(19)15(21)22/h3-6,8,13H,1-2,7H2,(H,17,18)(H,21,22). The minimum Gasteiger partial charge on any atom is -0.480 e. The third kappa shape index (κ3) is 2.76. The zero-order valence-electron chi connectivity index (χ0n) is 11.6. The highest BCUT2D eigenvalue weighted by Gasteiger charge is 2.35. The Bertz CT molecular complexity index is 711. The van der Waals surface area contributed by atoms with Gasteiger partial charge >= 0.3 is 5.97 Å². The monoisotopic (exact) mass is 363 g/mol. The molecule has 1 aliphatic rings. The van der Waals surface area contributed by atoms with Gasteiger partial charge < -0.3 is 10.0 Å². The van der Waals surface area contributed by atoms with E-state index in [9.17, 15) is 9.59 Å². The lowest BCUT2D eigenvalue weighted by atomic mass is 10.1. The van der Waals surface area contributed by atoms with E-state index in [1.54, 1.807) is 6.07 Å². The van der Waals surface area contributed by atoms with Crippen molar-refractivity contribution in [3.63, 3.8) is 0 Å². The van der Waals surface area contributed by atoms with Gasteiger partial charge in [0.2, 0.25) is 0 Å². The van der Waals surface area contributed by atoms with Gasteiger partial charge in [0, 0.05) is 16.6 Å². The highest BCUT2D eigenvalue weighted by molar-refractivity contribution is 9.10. The number of carbonyl (C=O) groups is 2. The second kappa shape index (κ2) is 5.92. The Labute approximate surface area is 135 Å². The molecule has 1 saturated heterocycles. The van der Waals surface area contributed by atoms with Gasteiger partial charge in [-0.25, -0.2) is 4.79 Å². The fourth-order valence-electron chi connectivity index (χ4n) is 2.62. The van der Waals surface area contributed by atoms with E-state index in [0.717, 1.165) is 10.0 Å². The number of carboxylic acids is 1. The molecule has 1 aromatic heterocycles. The van der Waals surface area contributed by atoms with E-state index in [-0.39, 0.29) is 5.91 Å². The van der Waals surface area contributed by atoms with Crippen LogP contribution < -0.4 is 0 Å². The third-order valence-corrected chi connectivity index (χ3v) is 4.28. The number of halogens is 1. The lowest BCUT2D eigenvalue weighted by molar-refractivity contribution is -0.141. The number of nitrogens with zero attached hydrogens (tertiary/aromatic N) is 2. The van der Waals surface area contributed by atoms with E-state index in [4.69, 9.17) is 5.11 Å². The van der Waals surface area contributed by atoms with E-state index in [1.165, 1.54) is 4.90 Å². The first-order chi connectivity index (χ1) is 10.6. The van der Waals surface area contributed by atoms with E-state index >= 15 is 0 Å². The largest absolute Gasteiger partial charge is 0.480 e. The number of benzene rings is 1. The van der Waals surface area contributed by atoms with Crippen LogP contribution in [0.4, 0.5) is 0 Å². The van der Waals surface area contributed by atoms with Crippen molar-refractivity contribution in [3.05, 3.63) is 40.5 Å². The van der Waals surface area contributed by atoms with E-state index in [2.05, 4.69) is 26.1 Å². The van der Waals surface area contributed by atoms with Crippen LogP contribution in [0.1, 0.15) is 23.3 Å². The molecule has 7 heteroatoms. The smallest absolute Gasteiger partial charge is 0.326 e. The van der Waals surface area contributed by atoms with Crippen molar-refractivity contribution in [1.82, 2.24) is 15.1 Å². The summed E-state index contributed by atoms with van der Waals surface area (Å²) >= 11 is 3.37. The van der Waals surface area contributed by atoms with Gasteiger partial charge in [0.05, 0.1) is 5.69 Å². The molecule has 0 bridgehead atoms. The van der Waals surface area contributed by atoms with Crippen molar-refractivity contribution in [2.45, 2.75) is 18.9 Å². The summed E-state index contributed by atoms with van der Waals surface area (Å²) in [5.74, 6) is -1.28. The molecule has 2 heterocycles. The van der Waals surface area contributed by atoms with Gasteiger partial charge in [-0.2, -0.15) is 5.10 Å². The first-order valence-corrected chi connectivity index (χ1v) is 7.70. The number of hydrogen-bond acceptors (Lipinski definition) is 3. The molecule has 22 heavy (non-hydrogen) atoms. The van der Waals surface area contributed by atoms with Crippen molar-refractivity contribution in [1.29, 1.82) is 0 Å². The SMILES string of the molecule is O=C(O)C1CCCN1C(=O)c1cc(-c2ccc(Br)cc2)n[nH]1. The van der Waals surface area contributed by atoms with Gasteiger partial charge in [-0.1, -0.05) is 28.1 Å². The molecule has 2 N–H and O–H groups in total. The number of nitrogens with one attached hydrogen (secondary N) is 1. The zero-order valence-corrected chi connectivity index (χ0v) is 13.2. The maximum absolute atomic E-state index is 12.4. The van der Waals surface area contributed by atoms with Crippen LogP contribution in [0.3, 0.4) is 0 Å². The number of likely N-dealkylation sites (tertiary alicyclic amines) is 1. The first-order valence-electron chi connectivity index (χ1n) is 6.91. The molecule has 2 aromatic rings. The Morgan fingerprint density at radius 1 is 1.32 bits per heavy atom. The maximum atomic E-state index is 12.4. The Kier molecular flexibility index (Phi) is 3.98. The summed E-state index contributed by atoms with van der Waals surface area (Å²) in [5, 5.41) is 16.0. The van der Waals surface area contributed by atoms with E-state index in [0.29, 0.717) is 30.8 Å². The van der Waals surface area contributed by atoms with Crippen molar-refractivity contribution < 1.29 is 14.7 Å². The quantitative estimate of drug-likeness (QED) is 0.876. The van der Waals surface area contributed by atoms with Crippen molar-refractivity contribution >= 4 is 27.8 Å². The Hall–Kier alpha value is -2.15. The summed E-state index contributed by atoms with van der Waals surface area (Å²) in [6, 6.07) is 8.49. The number of hydrogen-bond donors (Lipinski definition) is 2. The normalized spacial score (nSPS) is 17.7. The van der Waals surface area contributed by atoms with Gasteiger partial charge in [-0.15, -0.1) is 0 Å². The number of carboxylic acid groups (broad SMARTS) is 1. The number of aromatic nitrogens is 2. The average Bonchev–Trinajstić information content (AvgIpc) is 3.17. The molecule has 0 aliphatic carbocycles. The lowest BCUT2D eigenvalue weighted by Crippen LogP contribution is -2.40. The summed E-state index contributed by atoms with van der Waals surface area (Å²) in [6.45, 7) is 0.461. The molecule has 114 valence electrons. The maximum Gasteiger partial charge on any atom is 0.326 e. The fraction of sp³-hybridized carbons (Fsp3) is 0.267. The predicted octanol–water partition coefficient (Wildman–Crippen LogP) is 2.53. The van der Waals surface area contributed by atoms with Gasteiger partial charge in [0.15, 0.2) is 0 Å². The summed E-state index contributed by atoms with van der Waals surface area (Å²) in [6.07, 6.45) is 1.20. The molecule has 1 fully saturated rings. The molecule has 3 rings (SSSR count). The van der Waals surface area contributed by atoms with Crippen molar-refractivity contribution in [3.8, 4) is 11.3 Å². The summed E-state index contributed by atoms with van der Waals surface area (Å²) in [4.78, 5) is 25.0. The van der Waals surface area contributed by atoms with Crippen LogP contribution in [0.25, 0.3) is 11.3 Å². The van der Waals surface area contributed by atoms with Crippen LogP contribution in [0.15, 0.2) is 34.8 Å². The number of aromatic amines is 1. The number of carbonyl (C=O) groups excluding carboxylic acids is 1. The number of H-pyrrole nitrogens is 1. The van der Waals surface area contributed by atoms with Gasteiger partial charge in [0.1, 0.15) is 11.7 Å². The second-order valence-electron chi connectivity index (χ2n) is 5.17. The minimum absolute atomic E-state index is 0.311. The molecular formula is C15H14BrN3O3. The van der Waals surface area contributed by atoms with E-state index < -0.39 is 12.0 Å². The molecule has 1 atom stereocenters. The molecule has 1 amide bonds. The summed E-state index contributed by atoms with van der Waals surface area (Å²) < 4.78 is 0.962. The number of aliphatic carboxylic acids is 1. The third-order valence-electron chi connectivity index (χ3n) is 3.75. The van der Waals surface area contributed by atoms with Gasteiger partial charge in [0.25, 0.3) is 5.91 Å². The van der Waals surface area contributed by atoms with E-state index in [1.807, 2.05) is 24.3 Å². The second-order valence-corrected chi connectivity index (χ2v) is 6.08. The van der Waals surface area contributed by atoms with Gasteiger partial charge in [-0.05, 0) is 31.0 Å². The van der Waals surface area contributed by atoms with Crippen molar-refractivity contribution in [2.75, 3.05) is 6.54 Å². The van der Waals surface area contributed by atoms with Crippen LogP contribution in [-0.4, -0.2) is 44.7 Å². The Morgan fingerprint density at radius 2 is 2.05 bits per heavy atom. The highest BCUT2D eigenvalue weighted by atomic mass is 79.9. The highest BCUT2D eigenvalue weighted by Crippen LogP contribution is 2.23.